The lowest BCUT2D eigenvalue weighted by Crippen LogP contribution is -2.22. The lowest BCUT2D eigenvalue weighted by molar-refractivity contribution is -0.138. The molecule has 0 radical (unpaired) electrons. The first kappa shape index (κ1) is 12.3. The van der Waals surface area contributed by atoms with Crippen molar-refractivity contribution in [3.05, 3.63) is 24.3 Å². The predicted octanol–water partition coefficient (Wildman–Crippen LogP) is 0.943. The largest absolute Gasteiger partial charge is 0.495 e. The Balaban J connectivity index is 2.50. The number of nitrogens with one attached hydrogen (secondary N) is 1. The topological polar surface area (TPSA) is 78.8 Å². The molecule has 88 valence electrons. The van der Waals surface area contributed by atoms with Crippen molar-refractivity contribution in [1.82, 2.24) is 0 Å². The number of aliphatic hydroxyl groups is 1. The third kappa shape index (κ3) is 3.78. The number of aliphatic hydroxyl groups excluding tert-OH is 1. The Morgan fingerprint density at radius 3 is 2.81 bits per heavy atom. The van der Waals surface area contributed by atoms with Crippen molar-refractivity contribution in [2.45, 2.75) is 12.5 Å². The first-order chi connectivity index (χ1) is 7.63. The van der Waals surface area contributed by atoms with Crippen molar-refractivity contribution < 1.29 is 19.7 Å². The summed E-state index contributed by atoms with van der Waals surface area (Å²) in [5.74, 6) is -0.362. The highest BCUT2D eigenvalue weighted by Crippen LogP contribution is 2.22. The van der Waals surface area contributed by atoms with Crippen LogP contribution < -0.4 is 10.1 Å². The maximum atomic E-state index is 10.3. The van der Waals surface area contributed by atoms with Gasteiger partial charge in [0.15, 0.2) is 0 Å². The van der Waals surface area contributed by atoms with Crippen molar-refractivity contribution in [3.63, 3.8) is 0 Å². The standard InChI is InChI=1S/C11H15NO4/c1-16-10-5-3-2-4-9(10)12-7-8(13)6-11(14)15/h2-5,8,12-13H,6-7H2,1H3,(H,14,15). The van der Waals surface area contributed by atoms with Crippen LogP contribution in [0, 0.1) is 0 Å². The number of hydrogen-bond acceptors (Lipinski definition) is 4. The zero-order valence-corrected chi connectivity index (χ0v) is 9.01. The number of anilines is 1. The van der Waals surface area contributed by atoms with Crippen LogP contribution >= 0.6 is 0 Å². The van der Waals surface area contributed by atoms with Crippen LogP contribution in [-0.4, -0.2) is 35.9 Å². The van der Waals surface area contributed by atoms with Crippen molar-refractivity contribution in [2.75, 3.05) is 19.0 Å². The lowest BCUT2D eigenvalue weighted by atomic mass is 10.2. The van der Waals surface area contributed by atoms with E-state index in [-0.39, 0.29) is 13.0 Å². The molecular weight excluding hydrogens is 210 g/mol. The van der Waals surface area contributed by atoms with E-state index in [9.17, 15) is 9.90 Å². The minimum absolute atomic E-state index is 0.173. The van der Waals surface area contributed by atoms with Crippen LogP contribution in [0.4, 0.5) is 5.69 Å². The molecule has 0 saturated heterocycles. The highest BCUT2D eigenvalue weighted by atomic mass is 16.5. The number of rotatable bonds is 6. The zero-order chi connectivity index (χ0) is 12.0. The Hall–Kier alpha value is -1.75. The van der Waals surface area contributed by atoms with Gasteiger partial charge in [-0.3, -0.25) is 4.79 Å². The number of benzene rings is 1. The molecule has 1 atom stereocenters. The number of carbonyl (C=O) groups is 1. The second-order valence-electron chi connectivity index (χ2n) is 3.33. The quantitative estimate of drug-likeness (QED) is 0.671. The molecule has 0 saturated carbocycles. The molecule has 1 aromatic carbocycles. The van der Waals surface area contributed by atoms with Crippen LogP contribution in [0.2, 0.25) is 0 Å². The lowest BCUT2D eigenvalue weighted by Gasteiger charge is -2.13. The number of methoxy groups -OCH3 is 1. The predicted molar refractivity (Wildman–Crippen MR) is 59.7 cm³/mol. The summed E-state index contributed by atoms with van der Waals surface area (Å²) in [5.41, 5.74) is 0.731. The summed E-state index contributed by atoms with van der Waals surface area (Å²) in [6.07, 6.45) is -1.19. The molecule has 0 aliphatic heterocycles. The van der Waals surface area contributed by atoms with Crippen LogP contribution in [0.15, 0.2) is 24.3 Å². The highest BCUT2D eigenvalue weighted by Gasteiger charge is 2.10. The highest BCUT2D eigenvalue weighted by molar-refractivity contribution is 5.67. The Bertz CT molecular complexity index is 354. The van der Waals surface area contributed by atoms with Crippen LogP contribution in [0.3, 0.4) is 0 Å². The van der Waals surface area contributed by atoms with Crippen LogP contribution in [-0.2, 0) is 4.79 Å². The van der Waals surface area contributed by atoms with Gasteiger partial charge < -0.3 is 20.3 Å². The second-order valence-corrected chi connectivity index (χ2v) is 3.33. The summed E-state index contributed by atoms with van der Waals surface area (Å²) in [5, 5.41) is 20.8. The molecule has 1 aromatic rings. The summed E-state index contributed by atoms with van der Waals surface area (Å²) < 4.78 is 5.10. The maximum absolute atomic E-state index is 10.3. The first-order valence-electron chi connectivity index (χ1n) is 4.90. The number of hydrogen-bond donors (Lipinski definition) is 3. The molecule has 1 rings (SSSR count). The minimum Gasteiger partial charge on any atom is -0.495 e. The average Bonchev–Trinajstić information content (AvgIpc) is 2.26. The normalized spacial score (nSPS) is 11.9. The van der Waals surface area contributed by atoms with Gasteiger partial charge in [0, 0.05) is 6.54 Å². The van der Waals surface area contributed by atoms with E-state index >= 15 is 0 Å². The fraction of sp³-hybridized carbons (Fsp3) is 0.364. The van der Waals surface area contributed by atoms with Gasteiger partial charge in [-0.2, -0.15) is 0 Å². The Morgan fingerprint density at radius 1 is 1.50 bits per heavy atom. The number of carboxylic acids is 1. The van der Waals surface area contributed by atoms with Gasteiger partial charge in [0.25, 0.3) is 0 Å². The van der Waals surface area contributed by atoms with E-state index in [1.165, 1.54) is 0 Å². The summed E-state index contributed by atoms with van der Waals surface area (Å²) in [4.78, 5) is 10.3. The van der Waals surface area contributed by atoms with Gasteiger partial charge in [-0.25, -0.2) is 0 Å². The molecule has 0 aromatic heterocycles. The summed E-state index contributed by atoms with van der Waals surface area (Å²) >= 11 is 0. The fourth-order valence-corrected chi connectivity index (χ4v) is 1.29. The van der Waals surface area contributed by atoms with Gasteiger partial charge in [-0.15, -0.1) is 0 Å². The maximum Gasteiger partial charge on any atom is 0.306 e. The third-order valence-electron chi connectivity index (χ3n) is 2.05. The van der Waals surface area contributed by atoms with Gasteiger partial charge in [0.2, 0.25) is 0 Å². The summed E-state index contributed by atoms with van der Waals surface area (Å²) in [6.45, 7) is 0.173. The van der Waals surface area contributed by atoms with Gasteiger partial charge in [0.05, 0.1) is 25.3 Å². The molecule has 1 unspecified atom stereocenters. The van der Waals surface area contributed by atoms with E-state index in [2.05, 4.69) is 5.32 Å². The third-order valence-corrected chi connectivity index (χ3v) is 2.05. The SMILES string of the molecule is COc1ccccc1NCC(O)CC(=O)O. The Kier molecular flexibility index (Phi) is 4.60. The molecule has 0 aliphatic rings. The molecule has 0 heterocycles. The average molecular weight is 225 g/mol. The van der Waals surface area contributed by atoms with Crippen molar-refractivity contribution in [3.8, 4) is 5.75 Å². The molecule has 0 aliphatic carbocycles. The first-order valence-corrected chi connectivity index (χ1v) is 4.90. The van der Waals surface area contributed by atoms with Gasteiger partial charge in [0.1, 0.15) is 5.75 Å². The smallest absolute Gasteiger partial charge is 0.306 e. The number of carboxylic acid groups (broad SMARTS) is 1. The molecule has 0 amide bonds. The van der Waals surface area contributed by atoms with E-state index in [4.69, 9.17) is 9.84 Å². The van der Waals surface area contributed by atoms with E-state index in [0.29, 0.717) is 5.75 Å². The van der Waals surface area contributed by atoms with Gasteiger partial charge in [-0.05, 0) is 12.1 Å². The van der Waals surface area contributed by atoms with E-state index < -0.39 is 12.1 Å². The fourth-order valence-electron chi connectivity index (χ4n) is 1.29. The molecule has 16 heavy (non-hydrogen) atoms. The van der Waals surface area contributed by atoms with E-state index in [1.54, 1.807) is 19.2 Å². The Morgan fingerprint density at radius 2 is 2.19 bits per heavy atom. The van der Waals surface area contributed by atoms with Crippen LogP contribution in [0.1, 0.15) is 6.42 Å². The van der Waals surface area contributed by atoms with Gasteiger partial charge in [-0.1, -0.05) is 12.1 Å². The molecule has 0 fully saturated rings. The summed E-state index contributed by atoms with van der Waals surface area (Å²) in [6, 6.07) is 7.24. The molecule has 0 bridgehead atoms. The van der Waals surface area contributed by atoms with E-state index in [0.717, 1.165) is 5.69 Å². The van der Waals surface area contributed by atoms with E-state index in [1.807, 2.05) is 12.1 Å². The van der Waals surface area contributed by atoms with Crippen molar-refractivity contribution in [1.29, 1.82) is 0 Å². The van der Waals surface area contributed by atoms with Crippen LogP contribution in [0.5, 0.6) is 5.75 Å². The zero-order valence-electron chi connectivity index (χ0n) is 9.01. The van der Waals surface area contributed by atoms with Crippen molar-refractivity contribution in [2.24, 2.45) is 0 Å². The molecule has 5 nitrogen and oxygen atoms in total. The monoisotopic (exact) mass is 225 g/mol. The molecule has 0 spiro atoms. The van der Waals surface area contributed by atoms with Gasteiger partial charge >= 0.3 is 5.97 Å². The van der Waals surface area contributed by atoms with Crippen molar-refractivity contribution >= 4 is 11.7 Å². The summed E-state index contributed by atoms with van der Waals surface area (Å²) in [7, 11) is 1.55. The second kappa shape index (κ2) is 5.97. The molecule has 5 heteroatoms. The number of para-hydroxylation sites is 2. The number of ether oxygens (including phenoxy) is 1. The van der Waals surface area contributed by atoms with Crippen LogP contribution in [0.25, 0.3) is 0 Å². The molecular formula is C11H15NO4. The minimum atomic E-state index is -1.02. The Labute approximate surface area is 93.7 Å². The number of aliphatic carboxylic acids is 1. The molecule has 3 N–H and O–H groups in total.